The number of piperidine rings is 1. The third kappa shape index (κ3) is 3.57. The highest BCUT2D eigenvalue weighted by Crippen LogP contribution is 2.22. The molecule has 0 aromatic heterocycles. The Morgan fingerprint density at radius 2 is 2.14 bits per heavy atom. The maximum Gasteiger partial charge on any atom is 0.451 e. The molecule has 1 heterocycles. The molecule has 1 aliphatic heterocycles. The van der Waals surface area contributed by atoms with E-state index >= 15 is 0 Å². The Morgan fingerprint density at radius 3 is 2.64 bits per heavy atom. The van der Waals surface area contributed by atoms with Crippen molar-refractivity contribution in [2.24, 2.45) is 5.92 Å². The van der Waals surface area contributed by atoms with Gasteiger partial charge in [-0.25, -0.2) is 12.7 Å². The molecule has 1 fully saturated rings. The topological polar surface area (TPSA) is 77.8 Å². The van der Waals surface area contributed by atoms with Crippen LogP contribution in [0, 0.1) is 5.92 Å². The predicted molar refractivity (Wildman–Crippen MR) is 54.1 cm³/mol. The van der Waals surface area contributed by atoms with Crippen LogP contribution in [0.25, 0.3) is 0 Å². The Bertz CT molecular complexity index is 279. The van der Waals surface area contributed by atoms with Gasteiger partial charge in [-0.05, 0) is 25.1 Å². The Hall–Kier alpha value is -0.105. The zero-order valence-electron chi connectivity index (χ0n) is 8.26. The molecule has 0 aliphatic carbocycles. The molecule has 2 N–H and O–H groups in total. The second-order valence-electron chi connectivity index (χ2n) is 3.85. The lowest BCUT2D eigenvalue weighted by Crippen LogP contribution is -2.40. The maximum atomic E-state index is 11.2. The molecule has 14 heavy (non-hydrogen) atoms. The van der Waals surface area contributed by atoms with Crippen LogP contribution in [-0.2, 0) is 10.0 Å². The van der Waals surface area contributed by atoms with Crippen LogP contribution in [0.1, 0.15) is 12.8 Å². The van der Waals surface area contributed by atoms with Gasteiger partial charge >= 0.3 is 7.12 Å². The zero-order chi connectivity index (χ0) is 10.8. The van der Waals surface area contributed by atoms with E-state index in [9.17, 15) is 8.42 Å². The molecule has 0 saturated carbocycles. The molecular weight excluding hydrogens is 205 g/mol. The van der Waals surface area contributed by atoms with Gasteiger partial charge in [-0.2, -0.15) is 0 Å². The van der Waals surface area contributed by atoms with Crippen molar-refractivity contribution in [3.8, 4) is 0 Å². The van der Waals surface area contributed by atoms with Gasteiger partial charge in [0.25, 0.3) is 0 Å². The Balaban J connectivity index is 2.52. The van der Waals surface area contributed by atoms with Crippen LogP contribution in [0.4, 0.5) is 0 Å². The molecule has 1 aliphatic rings. The average Bonchev–Trinajstić information content (AvgIpc) is 2.01. The minimum atomic E-state index is -3.12. The van der Waals surface area contributed by atoms with Crippen LogP contribution in [0.3, 0.4) is 0 Å². The van der Waals surface area contributed by atoms with E-state index in [-0.39, 0.29) is 12.2 Å². The van der Waals surface area contributed by atoms with Gasteiger partial charge in [-0.3, -0.25) is 0 Å². The van der Waals surface area contributed by atoms with Gasteiger partial charge in [0, 0.05) is 13.1 Å². The molecule has 0 spiro atoms. The van der Waals surface area contributed by atoms with Crippen molar-refractivity contribution < 1.29 is 18.5 Å². The van der Waals surface area contributed by atoms with Crippen LogP contribution in [0.5, 0.6) is 0 Å². The molecule has 1 unspecified atom stereocenters. The SMILES string of the molecule is CS(=O)(=O)N1CCCC(CB(O)O)C1. The van der Waals surface area contributed by atoms with Gasteiger partial charge in [-0.1, -0.05) is 0 Å². The first kappa shape index (κ1) is 12.0. The van der Waals surface area contributed by atoms with Crippen molar-refractivity contribution in [3.63, 3.8) is 0 Å². The summed E-state index contributed by atoms with van der Waals surface area (Å²) in [6, 6.07) is 0. The van der Waals surface area contributed by atoms with Gasteiger partial charge < -0.3 is 10.0 Å². The molecule has 1 atom stereocenters. The van der Waals surface area contributed by atoms with Crippen LogP contribution in [0.15, 0.2) is 0 Å². The van der Waals surface area contributed by atoms with E-state index < -0.39 is 17.1 Å². The molecule has 1 saturated heterocycles. The first-order chi connectivity index (χ1) is 6.39. The molecule has 0 aromatic carbocycles. The standard InChI is InChI=1S/C7H16BNO4S/c1-14(12,13)9-4-2-3-7(6-9)5-8(10)11/h7,10-11H,2-6H2,1H3. The normalized spacial score (nSPS) is 24.9. The largest absolute Gasteiger partial charge is 0.451 e. The van der Waals surface area contributed by atoms with E-state index in [0.29, 0.717) is 13.1 Å². The van der Waals surface area contributed by atoms with Crippen LogP contribution in [-0.4, -0.2) is 49.2 Å². The second kappa shape index (κ2) is 4.61. The number of hydrogen-bond donors (Lipinski definition) is 2. The molecule has 1 rings (SSSR count). The van der Waals surface area contributed by atoms with Crippen molar-refractivity contribution in [1.82, 2.24) is 4.31 Å². The van der Waals surface area contributed by atoms with Gasteiger partial charge in [0.2, 0.25) is 10.0 Å². The third-order valence-electron chi connectivity index (χ3n) is 2.49. The molecule has 0 aromatic rings. The highest BCUT2D eigenvalue weighted by Gasteiger charge is 2.28. The Kier molecular flexibility index (Phi) is 3.94. The summed E-state index contributed by atoms with van der Waals surface area (Å²) in [4.78, 5) is 0. The van der Waals surface area contributed by atoms with Gasteiger partial charge in [0.05, 0.1) is 6.26 Å². The monoisotopic (exact) mass is 221 g/mol. The molecule has 0 radical (unpaired) electrons. The van der Waals surface area contributed by atoms with E-state index in [1.165, 1.54) is 10.6 Å². The summed E-state index contributed by atoms with van der Waals surface area (Å²) in [5.74, 6) is 0.0680. The fourth-order valence-electron chi connectivity index (χ4n) is 1.82. The minimum absolute atomic E-state index is 0.0680. The quantitative estimate of drug-likeness (QED) is 0.607. The fourth-order valence-corrected chi connectivity index (χ4v) is 2.76. The van der Waals surface area contributed by atoms with Crippen LogP contribution in [0.2, 0.25) is 6.32 Å². The highest BCUT2D eigenvalue weighted by molar-refractivity contribution is 7.88. The van der Waals surface area contributed by atoms with E-state index in [4.69, 9.17) is 10.0 Å². The summed E-state index contributed by atoms with van der Waals surface area (Å²) < 4.78 is 23.8. The van der Waals surface area contributed by atoms with Crippen LogP contribution >= 0.6 is 0 Å². The number of hydrogen-bond acceptors (Lipinski definition) is 4. The summed E-state index contributed by atoms with van der Waals surface area (Å²) in [5.41, 5.74) is 0. The maximum absolute atomic E-state index is 11.2. The van der Waals surface area contributed by atoms with Gasteiger partial charge in [0.15, 0.2) is 0 Å². The molecule has 7 heteroatoms. The van der Waals surface area contributed by atoms with E-state index in [0.717, 1.165) is 12.8 Å². The molecule has 5 nitrogen and oxygen atoms in total. The zero-order valence-corrected chi connectivity index (χ0v) is 9.07. The number of sulfonamides is 1. The highest BCUT2D eigenvalue weighted by atomic mass is 32.2. The van der Waals surface area contributed by atoms with Crippen molar-refractivity contribution in [1.29, 1.82) is 0 Å². The lowest BCUT2D eigenvalue weighted by molar-refractivity contribution is 0.268. The third-order valence-corrected chi connectivity index (χ3v) is 3.76. The second-order valence-corrected chi connectivity index (χ2v) is 5.83. The summed E-state index contributed by atoms with van der Waals surface area (Å²) in [5, 5.41) is 17.6. The van der Waals surface area contributed by atoms with Gasteiger partial charge in [-0.15, -0.1) is 0 Å². The van der Waals surface area contributed by atoms with Crippen LogP contribution < -0.4 is 0 Å². The van der Waals surface area contributed by atoms with Crippen molar-refractivity contribution in [2.75, 3.05) is 19.3 Å². The smallest absolute Gasteiger partial charge is 0.427 e. The first-order valence-corrected chi connectivity index (χ1v) is 6.55. The predicted octanol–water partition coefficient (Wildman–Crippen LogP) is -0.869. The van der Waals surface area contributed by atoms with Crippen molar-refractivity contribution in [3.05, 3.63) is 0 Å². The van der Waals surface area contributed by atoms with E-state index in [1.54, 1.807) is 0 Å². The molecular formula is C7H16BNO4S. The van der Waals surface area contributed by atoms with Gasteiger partial charge in [0.1, 0.15) is 0 Å². The van der Waals surface area contributed by atoms with E-state index in [2.05, 4.69) is 0 Å². The average molecular weight is 221 g/mol. The Morgan fingerprint density at radius 1 is 1.50 bits per heavy atom. The minimum Gasteiger partial charge on any atom is -0.427 e. The first-order valence-electron chi connectivity index (χ1n) is 4.71. The van der Waals surface area contributed by atoms with Crippen molar-refractivity contribution >= 4 is 17.1 Å². The summed E-state index contributed by atoms with van der Waals surface area (Å²) in [6.07, 6.45) is 3.10. The number of rotatable bonds is 3. The van der Waals surface area contributed by atoms with E-state index in [1.807, 2.05) is 0 Å². The summed E-state index contributed by atoms with van der Waals surface area (Å²) >= 11 is 0. The molecule has 82 valence electrons. The van der Waals surface area contributed by atoms with Crippen molar-refractivity contribution in [2.45, 2.75) is 19.2 Å². The molecule has 0 bridgehead atoms. The summed E-state index contributed by atoms with van der Waals surface area (Å²) in [6.45, 7) is 0.966. The summed E-state index contributed by atoms with van der Waals surface area (Å²) in [7, 11) is -4.46. The lowest BCUT2D eigenvalue weighted by atomic mass is 9.76. The Labute approximate surface area is 84.9 Å². The number of nitrogens with zero attached hydrogens (tertiary/aromatic N) is 1. The lowest BCUT2D eigenvalue weighted by Gasteiger charge is -2.30. The molecule has 0 amide bonds. The fraction of sp³-hybridized carbons (Fsp3) is 1.00.